The van der Waals surface area contributed by atoms with Crippen LogP contribution in [0.5, 0.6) is 5.75 Å². The van der Waals surface area contributed by atoms with Crippen LogP contribution in [0.1, 0.15) is 11.6 Å². The first-order valence-electron chi connectivity index (χ1n) is 6.00. The highest BCUT2D eigenvalue weighted by molar-refractivity contribution is 9.10. The predicted octanol–water partition coefficient (Wildman–Crippen LogP) is 2.57. The molecule has 0 spiro atoms. The summed E-state index contributed by atoms with van der Waals surface area (Å²) >= 11 is 2.96. The van der Waals surface area contributed by atoms with Gasteiger partial charge in [-0.1, -0.05) is 6.08 Å². The Hall–Kier alpha value is -0.980. The minimum atomic E-state index is -1.23. The highest BCUT2D eigenvalue weighted by atomic mass is 79.9. The van der Waals surface area contributed by atoms with Gasteiger partial charge in [-0.25, -0.2) is 4.39 Å². The van der Waals surface area contributed by atoms with E-state index in [9.17, 15) is 13.9 Å². The van der Waals surface area contributed by atoms with E-state index >= 15 is 0 Å². The van der Waals surface area contributed by atoms with Crippen LogP contribution in [0.4, 0.5) is 8.78 Å². The fourth-order valence-corrected chi connectivity index (χ4v) is 2.68. The number of aromatic hydroxyl groups is 1. The maximum absolute atomic E-state index is 13.6. The van der Waals surface area contributed by atoms with Crippen LogP contribution in [0.3, 0.4) is 0 Å². The van der Waals surface area contributed by atoms with E-state index in [0.29, 0.717) is 5.56 Å². The van der Waals surface area contributed by atoms with Crippen molar-refractivity contribution >= 4 is 15.9 Å². The number of hydrogen-bond acceptors (Lipinski definition) is 3. The van der Waals surface area contributed by atoms with E-state index in [4.69, 9.17) is 0 Å². The first-order chi connectivity index (χ1) is 9.06. The number of rotatable bonds is 3. The molecular formula is C13H15BrF2N2O. The van der Waals surface area contributed by atoms with Gasteiger partial charge in [0.15, 0.2) is 11.6 Å². The van der Waals surface area contributed by atoms with Crippen LogP contribution in [0.2, 0.25) is 0 Å². The smallest absolute Gasteiger partial charge is 0.201 e. The molecule has 0 aliphatic carbocycles. The number of phenolic OH excluding ortho intramolecular Hbond substituents is 1. The first kappa shape index (κ1) is 14.4. The van der Waals surface area contributed by atoms with Crippen molar-refractivity contribution in [1.29, 1.82) is 0 Å². The summed E-state index contributed by atoms with van der Waals surface area (Å²) in [6.07, 6.45) is 1.63. The molecule has 0 radical (unpaired) electrons. The normalized spacial score (nSPS) is 18.3. The molecule has 1 aromatic rings. The Morgan fingerprint density at radius 3 is 2.58 bits per heavy atom. The molecule has 6 heteroatoms. The summed E-state index contributed by atoms with van der Waals surface area (Å²) in [5, 5.41) is 13.0. The molecule has 0 aromatic heterocycles. The lowest BCUT2D eigenvalue weighted by Crippen LogP contribution is -2.44. The molecule has 3 nitrogen and oxygen atoms in total. The zero-order valence-corrected chi connectivity index (χ0v) is 11.9. The molecule has 0 saturated carbocycles. The Kier molecular flexibility index (Phi) is 4.54. The second kappa shape index (κ2) is 5.98. The van der Waals surface area contributed by atoms with Crippen LogP contribution >= 0.6 is 15.9 Å². The van der Waals surface area contributed by atoms with Crippen molar-refractivity contribution in [2.24, 2.45) is 0 Å². The number of piperazine rings is 1. The fourth-order valence-electron chi connectivity index (χ4n) is 2.26. The molecule has 2 rings (SSSR count). The SMILES string of the molecule is C=C[C@H](c1cc(Br)c(F)c(F)c1O)N1CCNCC1. The van der Waals surface area contributed by atoms with Crippen LogP contribution < -0.4 is 5.32 Å². The van der Waals surface area contributed by atoms with Crippen molar-refractivity contribution in [3.8, 4) is 5.75 Å². The molecule has 1 saturated heterocycles. The van der Waals surface area contributed by atoms with Gasteiger partial charge in [0, 0.05) is 31.7 Å². The average Bonchev–Trinajstić information content (AvgIpc) is 2.44. The Balaban J connectivity index is 2.40. The molecule has 19 heavy (non-hydrogen) atoms. The molecule has 0 bridgehead atoms. The fraction of sp³-hybridized carbons (Fsp3) is 0.385. The summed E-state index contributed by atoms with van der Waals surface area (Å²) in [6, 6.07) is 1.07. The molecule has 104 valence electrons. The van der Waals surface area contributed by atoms with Gasteiger partial charge in [0.05, 0.1) is 10.5 Å². The highest BCUT2D eigenvalue weighted by Crippen LogP contribution is 2.36. The molecule has 1 aliphatic rings. The average molecular weight is 333 g/mol. The third kappa shape index (κ3) is 2.80. The zero-order valence-electron chi connectivity index (χ0n) is 10.3. The maximum atomic E-state index is 13.6. The minimum Gasteiger partial charge on any atom is -0.505 e. The summed E-state index contributed by atoms with van der Waals surface area (Å²) in [6.45, 7) is 6.88. The van der Waals surface area contributed by atoms with Gasteiger partial charge in [0.25, 0.3) is 0 Å². The molecule has 0 unspecified atom stereocenters. The molecule has 1 fully saturated rings. The maximum Gasteiger partial charge on any atom is 0.201 e. The lowest BCUT2D eigenvalue weighted by Gasteiger charge is -2.33. The number of nitrogens with zero attached hydrogens (tertiary/aromatic N) is 1. The van der Waals surface area contributed by atoms with Crippen LogP contribution in [-0.4, -0.2) is 36.2 Å². The molecule has 2 N–H and O–H groups in total. The quantitative estimate of drug-likeness (QED) is 0.659. The minimum absolute atomic E-state index is 0.000200. The molecule has 1 atom stereocenters. The summed E-state index contributed by atoms with van der Waals surface area (Å²) in [5.41, 5.74) is 0.322. The van der Waals surface area contributed by atoms with E-state index in [1.54, 1.807) is 6.08 Å². The third-order valence-electron chi connectivity index (χ3n) is 3.25. The lowest BCUT2D eigenvalue weighted by atomic mass is 10.0. The van der Waals surface area contributed by atoms with Gasteiger partial charge in [-0.15, -0.1) is 6.58 Å². The van der Waals surface area contributed by atoms with E-state index in [-0.39, 0.29) is 10.5 Å². The third-order valence-corrected chi connectivity index (χ3v) is 3.83. The van der Waals surface area contributed by atoms with E-state index < -0.39 is 17.4 Å². The summed E-state index contributed by atoms with van der Waals surface area (Å²) < 4.78 is 26.9. The van der Waals surface area contributed by atoms with Crippen molar-refractivity contribution < 1.29 is 13.9 Å². The van der Waals surface area contributed by atoms with Crippen molar-refractivity contribution in [3.05, 3.63) is 40.4 Å². The monoisotopic (exact) mass is 332 g/mol. The van der Waals surface area contributed by atoms with E-state index in [1.807, 2.05) is 0 Å². The number of hydrogen-bond donors (Lipinski definition) is 2. The van der Waals surface area contributed by atoms with Crippen LogP contribution in [0, 0.1) is 11.6 Å². The Morgan fingerprint density at radius 1 is 1.37 bits per heavy atom. The molecule has 1 aliphatic heterocycles. The summed E-state index contributed by atoms with van der Waals surface area (Å²) in [5.74, 6) is -2.96. The zero-order chi connectivity index (χ0) is 14.0. The lowest BCUT2D eigenvalue weighted by molar-refractivity contribution is 0.199. The molecule has 0 amide bonds. The van der Waals surface area contributed by atoms with Crippen molar-refractivity contribution in [3.63, 3.8) is 0 Å². The summed E-state index contributed by atoms with van der Waals surface area (Å²) in [4.78, 5) is 2.06. The van der Waals surface area contributed by atoms with Crippen molar-refractivity contribution in [2.75, 3.05) is 26.2 Å². The number of halogens is 3. The Bertz CT molecular complexity index is 490. The number of benzene rings is 1. The van der Waals surface area contributed by atoms with Gasteiger partial charge >= 0.3 is 0 Å². The highest BCUT2D eigenvalue weighted by Gasteiger charge is 2.26. The van der Waals surface area contributed by atoms with E-state index in [0.717, 1.165) is 26.2 Å². The number of phenols is 1. The first-order valence-corrected chi connectivity index (χ1v) is 6.79. The van der Waals surface area contributed by atoms with Crippen molar-refractivity contribution in [1.82, 2.24) is 10.2 Å². The van der Waals surface area contributed by atoms with Crippen LogP contribution in [0.25, 0.3) is 0 Å². The standard InChI is InChI=1S/C13H15BrF2N2O/c1-2-10(18-5-3-17-4-6-18)8-7-9(14)11(15)12(16)13(8)19/h2,7,10,17,19H,1,3-6H2/t10-/m1/s1. The van der Waals surface area contributed by atoms with E-state index in [1.165, 1.54) is 6.07 Å². The van der Waals surface area contributed by atoms with Crippen LogP contribution in [0.15, 0.2) is 23.2 Å². The van der Waals surface area contributed by atoms with Gasteiger partial charge in [-0.3, -0.25) is 4.90 Å². The van der Waals surface area contributed by atoms with E-state index in [2.05, 4.69) is 32.7 Å². The number of nitrogens with one attached hydrogen (secondary N) is 1. The van der Waals surface area contributed by atoms with Crippen molar-refractivity contribution in [2.45, 2.75) is 6.04 Å². The predicted molar refractivity (Wildman–Crippen MR) is 73.1 cm³/mol. The molecular weight excluding hydrogens is 318 g/mol. The van der Waals surface area contributed by atoms with Gasteiger partial charge < -0.3 is 10.4 Å². The van der Waals surface area contributed by atoms with Gasteiger partial charge in [-0.2, -0.15) is 4.39 Å². The second-order valence-corrected chi connectivity index (χ2v) is 5.25. The second-order valence-electron chi connectivity index (χ2n) is 4.39. The van der Waals surface area contributed by atoms with Gasteiger partial charge in [-0.05, 0) is 22.0 Å². The molecule has 1 heterocycles. The van der Waals surface area contributed by atoms with Gasteiger partial charge in [0.2, 0.25) is 5.82 Å². The van der Waals surface area contributed by atoms with Crippen LogP contribution in [-0.2, 0) is 0 Å². The summed E-state index contributed by atoms with van der Waals surface area (Å²) in [7, 11) is 0. The van der Waals surface area contributed by atoms with Gasteiger partial charge in [0.1, 0.15) is 0 Å². The largest absolute Gasteiger partial charge is 0.505 e. The Morgan fingerprint density at radius 2 is 2.00 bits per heavy atom. The topological polar surface area (TPSA) is 35.5 Å². The molecule has 1 aromatic carbocycles. The Labute approximate surface area is 119 Å².